The minimum absolute atomic E-state index is 0.232. The first-order valence-electron chi connectivity index (χ1n) is 10.4. The number of nitrogens with zero attached hydrogens (tertiary/aromatic N) is 2. The first-order valence-corrected chi connectivity index (χ1v) is 10.4. The number of rotatable bonds is 5. The lowest BCUT2D eigenvalue weighted by Crippen LogP contribution is -2.15. The quantitative estimate of drug-likeness (QED) is 0.403. The molecular formula is C25H25FN4O. The van der Waals surface area contributed by atoms with Gasteiger partial charge < -0.3 is 10.3 Å². The second-order valence-electron chi connectivity index (χ2n) is 8.22. The fraction of sp³-hybridized carbons (Fsp3) is 0.240. The van der Waals surface area contributed by atoms with E-state index in [1.807, 2.05) is 12.1 Å². The minimum Gasteiger partial charge on any atom is -0.336 e. The summed E-state index contributed by atoms with van der Waals surface area (Å²) in [5.41, 5.74) is 5.35. The van der Waals surface area contributed by atoms with Crippen LogP contribution in [-0.4, -0.2) is 20.9 Å². The Kier molecular flexibility index (Phi) is 5.55. The Labute approximate surface area is 180 Å². The van der Waals surface area contributed by atoms with Crippen molar-refractivity contribution in [2.45, 2.75) is 39.5 Å². The molecule has 6 heteroatoms. The monoisotopic (exact) mass is 416 g/mol. The maximum Gasteiger partial charge on any atom is 0.257 e. The van der Waals surface area contributed by atoms with Crippen molar-refractivity contribution < 1.29 is 9.18 Å². The number of anilines is 1. The van der Waals surface area contributed by atoms with Gasteiger partial charge in [0, 0.05) is 17.4 Å². The van der Waals surface area contributed by atoms with Gasteiger partial charge in [-0.25, -0.2) is 14.4 Å². The van der Waals surface area contributed by atoms with Crippen molar-refractivity contribution in [3.63, 3.8) is 0 Å². The van der Waals surface area contributed by atoms with Crippen molar-refractivity contribution >= 4 is 22.8 Å². The van der Waals surface area contributed by atoms with Crippen molar-refractivity contribution in [1.82, 2.24) is 15.0 Å². The molecule has 0 saturated carbocycles. The summed E-state index contributed by atoms with van der Waals surface area (Å²) in [6, 6.07) is 13.7. The lowest BCUT2D eigenvalue weighted by molar-refractivity contribution is 0.102. The molecule has 2 aromatic heterocycles. The maximum atomic E-state index is 13.3. The van der Waals surface area contributed by atoms with Crippen LogP contribution in [0.3, 0.4) is 0 Å². The molecule has 31 heavy (non-hydrogen) atoms. The van der Waals surface area contributed by atoms with Crippen LogP contribution in [0.5, 0.6) is 0 Å². The Hall–Kier alpha value is -3.54. The van der Waals surface area contributed by atoms with E-state index in [0.29, 0.717) is 28.5 Å². The number of carbonyl (C=O) groups is 1. The van der Waals surface area contributed by atoms with E-state index in [-0.39, 0.29) is 17.6 Å². The van der Waals surface area contributed by atoms with E-state index in [4.69, 9.17) is 0 Å². The predicted molar refractivity (Wildman–Crippen MR) is 122 cm³/mol. The molecule has 0 atom stereocenters. The molecule has 2 aromatic carbocycles. The summed E-state index contributed by atoms with van der Waals surface area (Å²) in [6.45, 7) is 8.57. The molecule has 0 saturated heterocycles. The van der Waals surface area contributed by atoms with E-state index in [2.05, 4.69) is 54.0 Å². The third-order valence-corrected chi connectivity index (χ3v) is 5.34. The fourth-order valence-electron chi connectivity index (χ4n) is 3.87. The zero-order valence-electron chi connectivity index (χ0n) is 18.0. The van der Waals surface area contributed by atoms with Crippen LogP contribution in [0, 0.1) is 5.82 Å². The molecule has 2 heterocycles. The topological polar surface area (TPSA) is 70.7 Å². The SMILES string of the molecule is CC(C)c1cccc(NC(=O)c2ccnc3nc(-c4ccc(F)cc4)[nH]c23)c1C(C)C. The van der Waals surface area contributed by atoms with Gasteiger partial charge in [0.2, 0.25) is 0 Å². The van der Waals surface area contributed by atoms with Gasteiger partial charge in [-0.3, -0.25) is 4.79 Å². The van der Waals surface area contributed by atoms with Crippen molar-refractivity contribution in [3.8, 4) is 11.4 Å². The summed E-state index contributed by atoms with van der Waals surface area (Å²) in [5, 5.41) is 3.09. The molecule has 0 aliphatic carbocycles. The number of carbonyl (C=O) groups excluding carboxylic acids is 1. The van der Waals surface area contributed by atoms with E-state index in [1.54, 1.807) is 24.4 Å². The third-order valence-electron chi connectivity index (χ3n) is 5.34. The molecule has 158 valence electrons. The predicted octanol–water partition coefficient (Wildman–Crippen LogP) is 6.26. The third kappa shape index (κ3) is 4.06. The number of aromatic amines is 1. The zero-order valence-corrected chi connectivity index (χ0v) is 18.0. The minimum atomic E-state index is -0.317. The smallest absolute Gasteiger partial charge is 0.257 e. The summed E-state index contributed by atoms with van der Waals surface area (Å²) >= 11 is 0. The number of hydrogen-bond donors (Lipinski definition) is 2. The number of halogens is 1. The molecule has 4 rings (SSSR count). The fourth-order valence-corrected chi connectivity index (χ4v) is 3.87. The first-order chi connectivity index (χ1) is 14.8. The lowest BCUT2D eigenvalue weighted by atomic mass is 9.89. The standard InChI is InChI=1S/C25H25FN4O/c1-14(2)18-6-5-7-20(21(18)15(3)4)28-25(31)19-12-13-27-24-22(19)29-23(30-24)16-8-10-17(26)11-9-16/h5-15H,1-4H3,(H,28,31)(H,27,29,30). The Bertz CT molecular complexity index is 1240. The van der Waals surface area contributed by atoms with E-state index in [1.165, 1.54) is 17.7 Å². The van der Waals surface area contributed by atoms with Crippen LogP contribution in [0.4, 0.5) is 10.1 Å². The first kappa shape index (κ1) is 20.7. The number of benzene rings is 2. The summed E-state index contributed by atoms with van der Waals surface area (Å²) < 4.78 is 13.3. The molecule has 0 spiro atoms. The van der Waals surface area contributed by atoms with Crippen molar-refractivity contribution in [2.75, 3.05) is 5.32 Å². The summed E-state index contributed by atoms with van der Waals surface area (Å²) in [5.74, 6) is 0.607. The average molecular weight is 417 g/mol. The van der Waals surface area contributed by atoms with E-state index in [9.17, 15) is 9.18 Å². The number of hydrogen-bond acceptors (Lipinski definition) is 3. The van der Waals surface area contributed by atoms with E-state index >= 15 is 0 Å². The van der Waals surface area contributed by atoms with E-state index in [0.717, 1.165) is 16.8 Å². The Morgan fingerprint density at radius 3 is 2.42 bits per heavy atom. The molecule has 5 nitrogen and oxygen atoms in total. The van der Waals surface area contributed by atoms with Gasteiger partial charge in [0.25, 0.3) is 5.91 Å². The average Bonchev–Trinajstić information content (AvgIpc) is 3.18. The second kappa shape index (κ2) is 8.30. The van der Waals surface area contributed by atoms with Gasteiger partial charge in [0.1, 0.15) is 11.6 Å². The van der Waals surface area contributed by atoms with Gasteiger partial charge in [-0.15, -0.1) is 0 Å². The van der Waals surface area contributed by atoms with Gasteiger partial charge in [0.15, 0.2) is 5.65 Å². The van der Waals surface area contributed by atoms with Crippen molar-refractivity contribution in [2.24, 2.45) is 0 Å². The molecule has 0 unspecified atom stereocenters. The number of aromatic nitrogens is 3. The second-order valence-corrected chi connectivity index (χ2v) is 8.22. The number of amides is 1. The Morgan fingerprint density at radius 2 is 1.74 bits per heavy atom. The molecule has 1 amide bonds. The molecule has 0 fully saturated rings. The molecule has 0 aliphatic rings. The molecular weight excluding hydrogens is 391 g/mol. The van der Waals surface area contributed by atoms with Gasteiger partial charge in [-0.1, -0.05) is 39.8 Å². The van der Waals surface area contributed by atoms with Crippen LogP contribution in [0.15, 0.2) is 54.7 Å². The van der Waals surface area contributed by atoms with Crippen LogP contribution in [0.2, 0.25) is 0 Å². The highest BCUT2D eigenvalue weighted by molar-refractivity contribution is 6.11. The number of H-pyrrole nitrogens is 1. The van der Waals surface area contributed by atoms with Crippen molar-refractivity contribution in [3.05, 3.63) is 77.2 Å². The highest BCUT2D eigenvalue weighted by Crippen LogP contribution is 2.33. The molecule has 2 N–H and O–H groups in total. The zero-order chi connectivity index (χ0) is 22.1. The summed E-state index contributed by atoms with van der Waals surface area (Å²) in [4.78, 5) is 25.2. The van der Waals surface area contributed by atoms with Gasteiger partial charge in [-0.2, -0.15) is 0 Å². The Morgan fingerprint density at radius 1 is 1.00 bits per heavy atom. The number of fused-ring (bicyclic) bond motifs is 1. The largest absolute Gasteiger partial charge is 0.336 e. The normalized spacial score (nSPS) is 11.5. The molecule has 0 radical (unpaired) electrons. The maximum absolute atomic E-state index is 13.3. The Balaban J connectivity index is 1.72. The summed E-state index contributed by atoms with van der Waals surface area (Å²) in [6.07, 6.45) is 1.57. The number of pyridine rings is 1. The van der Waals surface area contributed by atoms with E-state index < -0.39 is 0 Å². The van der Waals surface area contributed by atoms with Gasteiger partial charge in [0.05, 0.1) is 11.1 Å². The highest BCUT2D eigenvalue weighted by atomic mass is 19.1. The van der Waals surface area contributed by atoms with Crippen LogP contribution < -0.4 is 5.32 Å². The van der Waals surface area contributed by atoms with Crippen LogP contribution >= 0.6 is 0 Å². The van der Waals surface area contributed by atoms with Crippen LogP contribution in [0.25, 0.3) is 22.6 Å². The molecule has 0 aliphatic heterocycles. The molecule has 4 aromatic rings. The van der Waals surface area contributed by atoms with Gasteiger partial charge in [-0.05, 0) is 59.4 Å². The molecule has 0 bridgehead atoms. The van der Waals surface area contributed by atoms with Crippen LogP contribution in [-0.2, 0) is 0 Å². The number of nitrogens with one attached hydrogen (secondary N) is 2. The lowest BCUT2D eigenvalue weighted by Gasteiger charge is -2.20. The van der Waals surface area contributed by atoms with Crippen LogP contribution in [0.1, 0.15) is 61.0 Å². The summed E-state index contributed by atoms with van der Waals surface area (Å²) in [7, 11) is 0. The number of imidazole rings is 1. The van der Waals surface area contributed by atoms with Gasteiger partial charge >= 0.3 is 0 Å². The highest BCUT2D eigenvalue weighted by Gasteiger charge is 2.19. The van der Waals surface area contributed by atoms with Crippen molar-refractivity contribution in [1.29, 1.82) is 0 Å².